The van der Waals surface area contributed by atoms with Crippen LogP contribution in [0.4, 0.5) is 45.5 Å². The number of methoxy groups -OCH3 is 2. The number of carboxylic acids is 2. The number of carbonyl (C=O) groups is 10. The van der Waals surface area contributed by atoms with E-state index in [4.69, 9.17) is 63.6 Å². The van der Waals surface area contributed by atoms with Crippen molar-refractivity contribution < 1.29 is 81.8 Å². The van der Waals surface area contributed by atoms with E-state index in [0.717, 1.165) is 62.8 Å². The maximum Gasteiger partial charge on any atom is 0.309 e. The largest absolute Gasteiger partial charge is 0.497 e. The van der Waals surface area contributed by atoms with Crippen LogP contribution in [0.15, 0.2) is 291 Å². The summed E-state index contributed by atoms with van der Waals surface area (Å²) in [4.78, 5) is 143. The second kappa shape index (κ2) is 48.1. The van der Waals surface area contributed by atoms with E-state index in [2.05, 4.69) is 6.92 Å². The number of ether oxygens (including phenoxy) is 5. The molecule has 8 atom stereocenters. The Kier molecular flexibility index (Phi) is 35.5. The molecule has 16 rings (SSSR count). The van der Waals surface area contributed by atoms with Crippen LogP contribution in [-0.2, 0) is 28.8 Å². The summed E-state index contributed by atoms with van der Waals surface area (Å²) in [5, 5.41) is 20.0. The Bertz CT molecular complexity index is 6530. The normalized spacial score (nSPS) is 16.9. The van der Waals surface area contributed by atoms with Gasteiger partial charge >= 0.3 is 11.9 Å². The average Bonchev–Trinajstić information content (AvgIpc) is 0.761. The summed E-state index contributed by atoms with van der Waals surface area (Å²) in [5.41, 5.74) is 11.1. The second-order valence-corrected chi connectivity index (χ2v) is 37.4. The number of halogens is 3. The van der Waals surface area contributed by atoms with Crippen LogP contribution in [0.3, 0.4) is 0 Å². The molecule has 0 spiro atoms. The number of nitrogens with zero attached hydrogens (tertiary/aromatic N) is 8. The van der Waals surface area contributed by atoms with Crippen LogP contribution < -0.4 is 62.9 Å². The van der Waals surface area contributed by atoms with Gasteiger partial charge in [0.15, 0.2) is 0 Å². The molecule has 8 amide bonds. The van der Waals surface area contributed by atoms with Crippen LogP contribution in [0.2, 0.25) is 15.1 Å². The van der Waals surface area contributed by atoms with E-state index in [-0.39, 0.29) is 115 Å². The van der Waals surface area contributed by atoms with Crippen molar-refractivity contribution >= 4 is 139 Å². The van der Waals surface area contributed by atoms with Crippen molar-refractivity contribution in [2.24, 2.45) is 5.41 Å². The summed E-state index contributed by atoms with van der Waals surface area (Å²) in [7, 11) is 3.17. The molecule has 4 heterocycles. The van der Waals surface area contributed by atoms with Gasteiger partial charge in [-0.3, -0.25) is 47.9 Å². The molecule has 4 aliphatic heterocycles. The van der Waals surface area contributed by atoms with Crippen molar-refractivity contribution in [3.8, 4) is 28.7 Å². The monoisotopic (exact) mass is 1990 g/mol. The van der Waals surface area contributed by atoms with Gasteiger partial charge in [-0.15, -0.1) is 0 Å². The molecule has 0 aliphatic carbocycles. The molecule has 143 heavy (non-hydrogen) atoms. The highest BCUT2D eigenvalue weighted by molar-refractivity contribution is 6.31. The van der Waals surface area contributed by atoms with Crippen LogP contribution in [-0.4, -0.2) is 128 Å². The highest BCUT2D eigenvalue weighted by Crippen LogP contribution is 2.50. The standard InChI is InChI=1S/C31H33ClN2O5.C30H31ClN2O6.C27H27ClN2O3.C27H28N2O3/c1-20-19-28(34(21(2)35)24-13-11-23(32)12-14-24)26-7-5-6-8-27(26)33(20)29(36)22-9-15-25(16-10-22)39-18-17-31(3,4)30(37)38;1-19-17-27(33(20(2)34)23-10-8-22(31)9-11-23)26-15-14-25(39-16-4-5-29(35)36)18-28(26)32(19)30(37)21-6-12-24(38-3)13-7-21;1-4-33-23-9-7-8-20(17-23)27(32)29-18(2)16-26(24-10-5-6-11-25(24)29)30(19(3)31)22-14-12-21(28)13-15-22;1-4-21-18-26(28(19(2)30)22-12-6-5-7-13-22)24-15-8-9-16-25(24)29(21)27(31)20-11-10-14-23(17-20)32-3/h5-16,20,28H,17-19H2,1-4H3,(H,37,38);6-15,18-19,27H,4-5,16-17H2,1-3H3,(H,35,36);5-15,17-18,26H,4,16H2,1-3H3;5-17,21,26H,4,18H2,1-3H3/t20-,28+;19-,27+;18-,26+;21-,26+/m0001/s1. The van der Waals surface area contributed by atoms with Gasteiger partial charge < -0.3 is 73.1 Å². The molecule has 742 valence electrons. The number of para-hydroxylation sites is 4. The molecule has 0 radical (unpaired) electrons. The quantitative estimate of drug-likeness (QED) is 0.0452. The molecule has 0 aromatic heterocycles. The lowest BCUT2D eigenvalue weighted by molar-refractivity contribution is -0.147. The molecule has 4 aliphatic rings. The van der Waals surface area contributed by atoms with Gasteiger partial charge in [-0.25, -0.2) is 0 Å². The molecule has 12 aromatic carbocycles. The predicted octanol–water partition coefficient (Wildman–Crippen LogP) is 24.8. The summed E-state index contributed by atoms with van der Waals surface area (Å²) in [6.07, 6.45) is 3.84. The Morgan fingerprint density at radius 1 is 0.350 bits per heavy atom. The van der Waals surface area contributed by atoms with Crippen LogP contribution >= 0.6 is 34.8 Å². The van der Waals surface area contributed by atoms with E-state index in [9.17, 15) is 53.1 Å². The Morgan fingerprint density at radius 3 is 1.10 bits per heavy atom. The first-order chi connectivity index (χ1) is 68.6. The van der Waals surface area contributed by atoms with Crippen molar-refractivity contribution in [2.75, 3.05) is 73.2 Å². The number of anilines is 8. The SMILES string of the molecule is CC(=O)N(c1ccc(Cl)cc1)[C@@H]1C[C@H](C)N(C(=O)c2ccc(OCCC(C)(C)C(=O)O)cc2)c2ccccc21.CCOc1cccc(C(=O)N2c3ccccc3[C@H](N(C(C)=O)c3ccc(Cl)cc3)C[C@@H]2C)c1.CC[C@@H]1C[C@H](N(C(C)=O)c2ccccc2)c2ccccc2N1C(=O)c1cccc(OC)c1.COc1ccc(C(=O)N2c3cc(OCCCC(=O)O)ccc3[C@H](N(C(C)=O)c3ccc(Cl)cc3)C[C@@H]2C)cc1. The van der Waals surface area contributed by atoms with Gasteiger partial charge in [-0.2, -0.15) is 0 Å². The number of rotatable bonds is 27. The third-order valence-electron chi connectivity index (χ3n) is 26.0. The molecule has 0 unspecified atom stereocenters. The lowest BCUT2D eigenvalue weighted by Gasteiger charge is -2.44. The van der Waals surface area contributed by atoms with E-state index in [1.54, 1.807) is 183 Å². The summed E-state index contributed by atoms with van der Waals surface area (Å²) in [5.74, 6) is 0.518. The number of hydrogen-bond donors (Lipinski definition) is 2. The third kappa shape index (κ3) is 25.0. The molecular weight excluding hydrogens is 1870 g/mol. The topological polar surface area (TPSA) is 283 Å². The zero-order valence-corrected chi connectivity index (χ0v) is 84.6. The van der Waals surface area contributed by atoms with Gasteiger partial charge in [0.25, 0.3) is 23.6 Å². The smallest absolute Gasteiger partial charge is 0.309 e. The highest BCUT2D eigenvalue weighted by Gasteiger charge is 2.45. The van der Waals surface area contributed by atoms with Crippen molar-refractivity contribution in [2.45, 2.75) is 176 Å². The van der Waals surface area contributed by atoms with Gasteiger partial charge in [0, 0.05) is 141 Å². The zero-order chi connectivity index (χ0) is 103. The van der Waals surface area contributed by atoms with E-state index in [1.165, 1.54) is 6.92 Å². The Morgan fingerprint density at radius 2 is 0.692 bits per heavy atom. The van der Waals surface area contributed by atoms with E-state index in [0.29, 0.717) is 123 Å². The van der Waals surface area contributed by atoms with E-state index < -0.39 is 17.4 Å². The van der Waals surface area contributed by atoms with E-state index >= 15 is 0 Å². The summed E-state index contributed by atoms with van der Waals surface area (Å²) in [6, 6.07) is 87.0. The minimum atomic E-state index is -0.886. The molecule has 0 saturated carbocycles. The molecule has 28 heteroatoms. The van der Waals surface area contributed by atoms with Crippen LogP contribution in [0.5, 0.6) is 28.7 Å². The number of hydrogen-bond acceptors (Lipinski definition) is 15. The first kappa shape index (κ1) is 106. The van der Waals surface area contributed by atoms with Crippen LogP contribution in [0.1, 0.15) is 215 Å². The maximum atomic E-state index is 13.8. The molecule has 0 saturated heterocycles. The third-order valence-corrected chi connectivity index (χ3v) is 26.7. The molecule has 0 fully saturated rings. The Labute approximate surface area is 850 Å². The molecule has 12 aromatic rings. The second-order valence-electron chi connectivity index (χ2n) is 36.1. The molecule has 0 bridgehead atoms. The number of carboxylic acid groups (broad SMARTS) is 2. The molecule has 25 nitrogen and oxygen atoms in total. The number of fused-ring (bicyclic) bond motifs is 4. The maximum absolute atomic E-state index is 13.8. The van der Waals surface area contributed by atoms with Crippen molar-refractivity contribution in [1.82, 2.24) is 0 Å². The lowest BCUT2D eigenvalue weighted by Crippen LogP contribution is -2.48. The average molecular weight is 1990 g/mol. The van der Waals surface area contributed by atoms with E-state index in [1.807, 2.05) is 224 Å². The Hall–Kier alpha value is -14.8. The minimum absolute atomic E-state index is 0.000787. The minimum Gasteiger partial charge on any atom is -0.497 e. The van der Waals surface area contributed by atoms with Crippen molar-refractivity contribution in [3.05, 3.63) is 351 Å². The van der Waals surface area contributed by atoms with Gasteiger partial charge in [-0.05, 0) is 303 Å². The Balaban J connectivity index is 0.000000161. The van der Waals surface area contributed by atoms with Gasteiger partial charge in [0.2, 0.25) is 23.6 Å². The number of carbonyl (C=O) groups excluding carboxylic acids is 8. The van der Waals surface area contributed by atoms with Gasteiger partial charge in [-0.1, -0.05) is 133 Å². The van der Waals surface area contributed by atoms with Crippen LogP contribution in [0, 0.1) is 5.41 Å². The summed E-state index contributed by atoms with van der Waals surface area (Å²) >= 11 is 18.3. The fourth-order valence-electron chi connectivity index (χ4n) is 19.0. The zero-order valence-electron chi connectivity index (χ0n) is 82.3. The fourth-order valence-corrected chi connectivity index (χ4v) is 19.3. The first-order valence-electron chi connectivity index (χ1n) is 47.7. The first-order valence-corrected chi connectivity index (χ1v) is 48.8. The number of aliphatic carboxylic acids is 2. The number of amides is 8. The molecular formula is C115H119Cl3N8O17. The predicted molar refractivity (Wildman–Crippen MR) is 562 cm³/mol. The van der Waals surface area contributed by atoms with Crippen LogP contribution in [0.25, 0.3) is 0 Å². The highest BCUT2D eigenvalue weighted by atomic mass is 35.5. The summed E-state index contributed by atoms with van der Waals surface area (Å²) in [6.45, 7) is 20.5. The fraction of sp³-hybridized carbons (Fsp3) is 0.287. The van der Waals surface area contributed by atoms with Crippen molar-refractivity contribution in [3.63, 3.8) is 0 Å². The number of benzene rings is 12. The van der Waals surface area contributed by atoms with Crippen molar-refractivity contribution in [1.29, 1.82) is 0 Å². The molecule has 2 N–H and O–H groups in total. The van der Waals surface area contributed by atoms with Gasteiger partial charge in [0.05, 0.1) is 69.3 Å². The summed E-state index contributed by atoms with van der Waals surface area (Å²) < 4.78 is 27.7. The van der Waals surface area contributed by atoms with Gasteiger partial charge in [0.1, 0.15) is 28.7 Å². The lowest BCUT2D eigenvalue weighted by atomic mass is 9.87.